The van der Waals surface area contributed by atoms with E-state index in [4.69, 9.17) is 25.9 Å². The molecule has 3 aromatic rings. The molecule has 2 aromatic carbocycles. The van der Waals surface area contributed by atoms with Gasteiger partial charge in [0.1, 0.15) is 24.4 Å². The normalized spacial score (nSPS) is 17.3. The minimum absolute atomic E-state index is 0.0569. The zero-order chi connectivity index (χ0) is 35.6. The highest BCUT2D eigenvalue weighted by atomic mass is 35.5. The van der Waals surface area contributed by atoms with Gasteiger partial charge in [0.25, 0.3) is 0 Å². The molecular formula is C39H58ClN5O3. The fraction of sp³-hybridized carbons (Fsp3) is 0.538. The van der Waals surface area contributed by atoms with Gasteiger partial charge in [-0.25, -0.2) is 4.98 Å². The summed E-state index contributed by atoms with van der Waals surface area (Å²) >= 11 is 6.44. The molecule has 2 heterocycles. The van der Waals surface area contributed by atoms with E-state index in [-0.39, 0.29) is 6.10 Å². The molecule has 1 aliphatic carbocycles. The number of nitrogens with one attached hydrogen (secondary N) is 2. The number of aryl methyl sites for hydroxylation is 2. The van der Waals surface area contributed by atoms with Crippen LogP contribution in [0.2, 0.25) is 5.02 Å². The van der Waals surface area contributed by atoms with E-state index in [2.05, 4.69) is 92.2 Å². The Bertz CT molecular complexity index is 1370. The lowest BCUT2D eigenvalue weighted by Crippen LogP contribution is -2.35. The second-order valence-electron chi connectivity index (χ2n) is 13.3. The minimum Gasteiger partial charge on any atom is -0.489 e. The summed E-state index contributed by atoms with van der Waals surface area (Å²) in [6, 6.07) is 13.3. The van der Waals surface area contributed by atoms with Gasteiger partial charge < -0.3 is 29.9 Å². The van der Waals surface area contributed by atoms with Crippen LogP contribution in [0, 0.1) is 19.8 Å². The Morgan fingerprint density at radius 3 is 2.12 bits per heavy atom. The van der Waals surface area contributed by atoms with Crippen molar-refractivity contribution in [3.8, 4) is 5.75 Å². The predicted octanol–water partition coefficient (Wildman–Crippen LogP) is 10.2. The zero-order valence-corrected chi connectivity index (χ0v) is 31.0. The Morgan fingerprint density at radius 2 is 1.56 bits per heavy atom. The maximum atomic E-state index is 8.00. The Labute approximate surface area is 294 Å². The monoisotopic (exact) mass is 679 g/mol. The van der Waals surface area contributed by atoms with Gasteiger partial charge in [0, 0.05) is 11.7 Å². The number of carbonyl (C=O) groups excluding carboxylic acids is 2. The first kappa shape index (κ1) is 40.7. The van der Waals surface area contributed by atoms with E-state index in [0.717, 1.165) is 34.6 Å². The smallest absolute Gasteiger partial charge is 0.229 e. The molecule has 8 nitrogen and oxygen atoms in total. The van der Waals surface area contributed by atoms with Crippen LogP contribution >= 0.6 is 11.6 Å². The Hall–Kier alpha value is -3.49. The maximum absolute atomic E-state index is 8.00. The SMILES string of the molecule is C=O.C=O.CCCC(C)C.Cc1ccccc1Nc1nc(Nc2cc(C)c(C3CCC(N4CCCC4)CC3)cc2OC(C)C)ncc1Cl. The summed E-state index contributed by atoms with van der Waals surface area (Å²) in [5, 5.41) is 7.22. The Balaban J connectivity index is 0.000000713. The summed E-state index contributed by atoms with van der Waals surface area (Å²) in [7, 11) is 0. The van der Waals surface area contributed by atoms with Crippen molar-refractivity contribution in [2.75, 3.05) is 23.7 Å². The summed E-state index contributed by atoms with van der Waals surface area (Å²) in [4.78, 5) is 27.9. The van der Waals surface area contributed by atoms with Gasteiger partial charge in [-0.15, -0.1) is 0 Å². The van der Waals surface area contributed by atoms with Gasteiger partial charge in [-0.05, 0) is 126 Å². The van der Waals surface area contributed by atoms with Gasteiger partial charge in [-0.3, -0.25) is 0 Å². The lowest BCUT2D eigenvalue weighted by atomic mass is 9.79. The van der Waals surface area contributed by atoms with E-state index in [1.807, 2.05) is 31.8 Å². The highest BCUT2D eigenvalue weighted by Gasteiger charge is 2.29. The van der Waals surface area contributed by atoms with Crippen LogP contribution < -0.4 is 15.4 Å². The van der Waals surface area contributed by atoms with Crippen LogP contribution in [0.1, 0.15) is 109 Å². The molecule has 2 N–H and O–H groups in total. The van der Waals surface area contributed by atoms with Crippen LogP contribution in [0.3, 0.4) is 0 Å². The quantitative estimate of drug-likeness (QED) is 0.219. The van der Waals surface area contributed by atoms with Crippen LogP contribution in [-0.2, 0) is 9.59 Å². The topological polar surface area (TPSA) is 96.5 Å². The Kier molecular flexibility index (Phi) is 18.2. The van der Waals surface area contributed by atoms with E-state index >= 15 is 0 Å². The lowest BCUT2D eigenvalue weighted by molar-refractivity contribution is -0.0987. The van der Waals surface area contributed by atoms with Crippen molar-refractivity contribution in [3.05, 3.63) is 64.3 Å². The first-order valence-corrected chi connectivity index (χ1v) is 17.8. The number of aromatic nitrogens is 2. The van der Waals surface area contributed by atoms with Crippen LogP contribution in [0.15, 0.2) is 42.6 Å². The molecule has 0 unspecified atom stereocenters. The molecule has 1 saturated carbocycles. The second-order valence-corrected chi connectivity index (χ2v) is 13.7. The molecule has 1 aromatic heterocycles. The largest absolute Gasteiger partial charge is 0.489 e. The summed E-state index contributed by atoms with van der Waals surface area (Å²) in [5.74, 6) is 3.35. The number of hydrogen-bond acceptors (Lipinski definition) is 8. The second kappa shape index (κ2) is 21.5. The molecule has 0 atom stereocenters. The van der Waals surface area contributed by atoms with E-state index in [9.17, 15) is 0 Å². The van der Waals surface area contributed by atoms with Crippen LogP contribution in [0.25, 0.3) is 0 Å². The maximum Gasteiger partial charge on any atom is 0.229 e. The molecule has 5 rings (SSSR count). The number of likely N-dealkylation sites (tertiary alicyclic amines) is 1. The lowest BCUT2D eigenvalue weighted by Gasteiger charge is -2.35. The molecule has 264 valence electrons. The minimum atomic E-state index is 0.0569. The Morgan fingerprint density at radius 1 is 0.917 bits per heavy atom. The third kappa shape index (κ3) is 12.5. The van der Waals surface area contributed by atoms with Crippen LogP contribution in [0.5, 0.6) is 5.75 Å². The number of hydrogen-bond donors (Lipinski definition) is 2. The number of benzene rings is 2. The first-order chi connectivity index (χ1) is 23.1. The molecule has 1 aliphatic heterocycles. The summed E-state index contributed by atoms with van der Waals surface area (Å²) in [6.07, 6.45) is 12.2. The number of rotatable bonds is 10. The van der Waals surface area contributed by atoms with Gasteiger partial charge in [0.2, 0.25) is 5.95 Å². The predicted molar refractivity (Wildman–Crippen MR) is 202 cm³/mol. The van der Waals surface area contributed by atoms with Gasteiger partial charge in [-0.1, -0.05) is 63.4 Å². The molecule has 2 fully saturated rings. The van der Waals surface area contributed by atoms with Crippen molar-refractivity contribution in [3.63, 3.8) is 0 Å². The highest BCUT2D eigenvalue weighted by molar-refractivity contribution is 6.32. The molecule has 0 spiro atoms. The van der Waals surface area contributed by atoms with Gasteiger partial charge in [0.15, 0.2) is 5.82 Å². The van der Waals surface area contributed by atoms with E-state index in [1.165, 1.54) is 75.6 Å². The van der Waals surface area contributed by atoms with E-state index in [0.29, 0.717) is 22.7 Å². The molecular weight excluding hydrogens is 622 g/mol. The van der Waals surface area contributed by atoms with E-state index < -0.39 is 0 Å². The van der Waals surface area contributed by atoms with Gasteiger partial charge >= 0.3 is 0 Å². The average molecular weight is 680 g/mol. The fourth-order valence-electron chi connectivity index (χ4n) is 6.50. The van der Waals surface area contributed by atoms with Crippen molar-refractivity contribution in [2.24, 2.45) is 5.92 Å². The number of carbonyl (C=O) groups is 2. The molecule has 0 bridgehead atoms. The van der Waals surface area contributed by atoms with Crippen molar-refractivity contribution in [1.82, 2.24) is 14.9 Å². The third-order valence-corrected chi connectivity index (χ3v) is 9.06. The molecule has 9 heteroatoms. The number of halogens is 1. The zero-order valence-electron chi connectivity index (χ0n) is 30.3. The van der Waals surface area contributed by atoms with E-state index in [1.54, 1.807) is 6.20 Å². The standard InChI is InChI=1S/C31H40ClN5O.C6H14.2CH2O/c1-20(2)38-29-18-25(23-11-13-24(14-12-23)37-15-7-8-16-37)22(4)17-28(29)35-31-33-19-26(32)30(36-31)34-27-10-6-5-9-21(27)3;1-4-5-6(2)3;2*1-2/h5-6,9-10,17-20,23-24H,7-8,11-16H2,1-4H3,(H2,33,34,35,36);6H,4-5H2,1-3H3;2*1H2. The molecule has 0 amide bonds. The molecule has 0 radical (unpaired) electrons. The number of anilines is 4. The molecule has 48 heavy (non-hydrogen) atoms. The van der Waals surface area contributed by atoms with Crippen molar-refractivity contribution >= 4 is 48.3 Å². The summed E-state index contributed by atoms with van der Waals surface area (Å²) < 4.78 is 6.30. The number of ether oxygens (including phenoxy) is 1. The van der Waals surface area contributed by atoms with Gasteiger partial charge in [0.05, 0.1) is 18.0 Å². The van der Waals surface area contributed by atoms with Crippen molar-refractivity contribution < 1.29 is 14.3 Å². The van der Waals surface area contributed by atoms with Crippen molar-refractivity contribution in [2.45, 2.75) is 118 Å². The fourth-order valence-corrected chi connectivity index (χ4v) is 6.64. The average Bonchev–Trinajstić information content (AvgIpc) is 3.62. The highest BCUT2D eigenvalue weighted by Crippen LogP contribution is 2.41. The van der Waals surface area contributed by atoms with Gasteiger partial charge in [-0.2, -0.15) is 4.98 Å². The van der Waals surface area contributed by atoms with Crippen LogP contribution in [0.4, 0.5) is 23.1 Å². The summed E-state index contributed by atoms with van der Waals surface area (Å²) in [6.45, 7) is 21.7. The summed E-state index contributed by atoms with van der Waals surface area (Å²) in [5.41, 5.74) is 5.63. The molecule has 1 saturated heterocycles. The molecule has 2 aliphatic rings. The van der Waals surface area contributed by atoms with Crippen LogP contribution in [-0.4, -0.2) is 53.7 Å². The number of para-hydroxylation sites is 1. The first-order valence-electron chi connectivity index (χ1n) is 17.4. The third-order valence-electron chi connectivity index (χ3n) is 8.78. The van der Waals surface area contributed by atoms with Crippen molar-refractivity contribution in [1.29, 1.82) is 0 Å². The number of nitrogens with zero attached hydrogens (tertiary/aromatic N) is 3.